The molecule has 6 nitrogen and oxygen atoms in total. The highest BCUT2D eigenvalue weighted by Gasteiger charge is 2.22. The number of ether oxygens (including phenoxy) is 1. The maximum Gasteiger partial charge on any atom is 0.339 e. The third-order valence-electron chi connectivity index (χ3n) is 2.24. The highest BCUT2D eigenvalue weighted by molar-refractivity contribution is 7.89. The predicted octanol–water partition coefficient (Wildman–Crippen LogP) is 0.744. The van der Waals surface area contributed by atoms with Gasteiger partial charge in [-0.05, 0) is 24.6 Å². The van der Waals surface area contributed by atoms with E-state index < -0.39 is 16.0 Å². The van der Waals surface area contributed by atoms with E-state index in [0.29, 0.717) is 18.7 Å². The number of hydrogen-bond acceptors (Lipinski definition) is 5. The molecule has 3 N–H and O–H groups in total. The molecule has 1 aromatic carbocycles. The van der Waals surface area contributed by atoms with E-state index in [1.807, 2.05) is 6.92 Å². The Morgan fingerprint density at radius 2 is 2.11 bits per heavy atom. The van der Waals surface area contributed by atoms with Gasteiger partial charge in [0.2, 0.25) is 10.0 Å². The number of sulfonamides is 1. The molecule has 18 heavy (non-hydrogen) atoms. The minimum absolute atomic E-state index is 0.0684. The number of anilines is 1. The van der Waals surface area contributed by atoms with Crippen molar-refractivity contribution in [2.24, 2.45) is 0 Å². The van der Waals surface area contributed by atoms with Crippen molar-refractivity contribution in [3.63, 3.8) is 0 Å². The van der Waals surface area contributed by atoms with Gasteiger partial charge in [0.15, 0.2) is 0 Å². The lowest BCUT2D eigenvalue weighted by molar-refractivity contribution is 0.0596. The summed E-state index contributed by atoms with van der Waals surface area (Å²) < 4.78 is 30.9. The van der Waals surface area contributed by atoms with Crippen LogP contribution in [0.1, 0.15) is 23.7 Å². The number of methoxy groups -OCH3 is 1. The second-order valence-electron chi connectivity index (χ2n) is 3.64. The van der Waals surface area contributed by atoms with Gasteiger partial charge in [0, 0.05) is 12.2 Å². The first-order chi connectivity index (χ1) is 8.42. The summed E-state index contributed by atoms with van der Waals surface area (Å²) in [5.41, 5.74) is 5.77. The molecule has 0 heterocycles. The topological polar surface area (TPSA) is 98.5 Å². The van der Waals surface area contributed by atoms with Crippen molar-refractivity contribution in [1.82, 2.24) is 4.72 Å². The monoisotopic (exact) mass is 272 g/mol. The lowest BCUT2D eigenvalue weighted by Gasteiger charge is -2.10. The fourth-order valence-electron chi connectivity index (χ4n) is 1.37. The summed E-state index contributed by atoms with van der Waals surface area (Å²) in [6, 6.07) is 4.00. The van der Waals surface area contributed by atoms with Crippen LogP contribution in [0.4, 0.5) is 5.69 Å². The summed E-state index contributed by atoms with van der Waals surface area (Å²) in [5, 5.41) is 0. The number of nitrogen functional groups attached to an aromatic ring is 1. The molecule has 0 amide bonds. The minimum Gasteiger partial charge on any atom is -0.465 e. The van der Waals surface area contributed by atoms with Crippen molar-refractivity contribution in [2.45, 2.75) is 18.2 Å². The third-order valence-corrected chi connectivity index (χ3v) is 3.76. The van der Waals surface area contributed by atoms with Crippen LogP contribution in [0.5, 0.6) is 0 Å². The highest BCUT2D eigenvalue weighted by atomic mass is 32.2. The van der Waals surface area contributed by atoms with Crippen molar-refractivity contribution in [2.75, 3.05) is 19.4 Å². The molecule has 0 radical (unpaired) electrons. The summed E-state index contributed by atoms with van der Waals surface area (Å²) in [4.78, 5) is 11.4. The van der Waals surface area contributed by atoms with Crippen LogP contribution >= 0.6 is 0 Å². The number of hydrogen-bond donors (Lipinski definition) is 2. The smallest absolute Gasteiger partial charge is 0.339 e. The zero-order valence-corrected chi connectivity index (χ0v) is 11.1. The number of esters is 1. The van der Waals surface area contributed by atoms with Gasteiger partial charge < -0.3 is 10.5 Å². The molecule has 100 valence electrons. The van der Waals surface area contributed by atoms with E-state index in [1.165, 1.54) is 25.3 Å². The molecular weight excluding hydrogens is 256 g/mol. The summed E-state index contributed by atoms with van der Waals surface area (Å²) >= 11 is 0. The van der Waals surface area contributed by atoms with Crippen LogP contribution in [0, 0.1) is 0 Å². The van der Waals surface area contributed by atoms with Crippen LogP contribution in [0.15, 0.2) is 23.1 Å². The summed E-state index contributed by atoms with van der Waals surface area (Å²) in [7, 11) is -2.55. The second kappa shape index (κ2) is 5.83. The van der Waals surface area contributed by atoms with Gasteiger partial charge in [0.25, 0.3) is 0 Å². The number of nitrogens with two attached hydrogens (primary N) is 1. The first-order valence-electron chi connectivity index (χ1n) is 5.40. The molecule has 0 atom stereocenters. The molecule has 0 bridgehead atoms. The number of benzene rings is 1. The van der Waals surface area contributed by atoms with Crippen LogP contribution in [-0.2, 0) is 14.8 Å². The molecule has 0 aromatic heterocycles. The molecule has 0 unspecified atom stereocenters. The molecule has 0 saturated heterocycles. The number of carbonyl (C=O) groups is 1. The Morgan fingerprint density at radius 1 is 1.44 bits per heavy atom. The number of nitrogens with one attached hydrogen (secondary N) is 1. The van der Waals surface area contributed by atoms with E-state index in [9.17, 15) is 13.2 Å². The Hall–Kier alpha value is -1.60. The van der Waals surface area contributed by atoms with Crippen LogP contribution in [0.3, 0.4) is 0 Å². The zero-order chi connectivity index (χ0) is 13.8. The van der Waals surface area contributed by atoms with Gasteiger partial charge in [-0.15, -0.1) is 0 Å². The number of carbonyl (C=O) groups excluding carboxylic acids is 1. The lowest BCUT2D eigenvalue weighted by atomic mass is 10.2. The standard InChI is InChI=1S/C11H16N2O4S/c1-3-6-13-18(15,16)10-5-4-8(12)7-9(10)11(14)17-2/h4-5,7,13H,3,6,12H2,1-2H3. The maximum atomic E-state index is 12.0. The third kappa shape index (κ3) is 3.21. The average Bonchev–Trinajstić information content (AvgIpc) is 2.35. The molecule has 1 rings (SSSR count). The molecule has 0 saturated carbocycles. The average molecular weight is 272 g/mol. The Balaban J connectivity index is 3.27. The van der Waals surface area contributed by atoms with Gasteiger partial charge in [-0.25, -0.2) is 17.9 Å². The number of rotatable bonds is 5. The van der Waals surface area contributed by atoms with Crippen molar-refractivity contribution >= 4 is 21.7 Å². The van der Waals surface area contributed by atoms with Gasteiger partial charge in [0.1, 0.15) is 0 Å². The van der Waals surface area contributed by atoms with Crippen LogP contribution in [-0.4, -0.2) is 28.0 Å². The van der Waals surface area contributed by atoms with Crippen molar-refractivity contribution in [3.8, 4) is 0 Å². The van der Waals surface area contributed by atoms with E-state index in [4.69, 9.17) is 5.73 Å². The summed E-state index contributed by atoms with van der Waals surface area (Å²) in [6.45, 7) is 2.14. The Labute approximate surface area is 106 Å². The summed E-state index contributed by atoms with van der Waals surface area (Å²) in [5.74, 6) is -0.737. The minimum atomic E-state index is -3.73. The van der Waals surface area contributed by atoms with Gasteiger partial charge >= 0.3 is 5.97 Å². The van der Waals surface area contributed by atoms with E-state index in [-0.39, 0.29) is 10.5 Å². The Bertz CT molecular complexity index is 540. The van der Waals surface area contributed by atoms with Gasteiger partial charge in [-0.3, -0.25) is 0 Å². The van der Waals surface area contributed by atoms with Gasteiger partial charge in [0.05, 0.1) is 17.6 Å². The quantitative estimate of drug-likeness (QED) is 0.608. The molecule has 0 spiro atoms. The van der Waals surface area contributed by atoms with Crippen molar-refractivity contribution < 1.29 is 17.9 Å². The van der Waals surface area contributed by atoms with Crippen LogP contribution in [0.2, 0.25) is 0 Å². The predicted molar refractivity (Wildman–Crippen MR) is 67.7 cm³/mol. The molecule has 7 heteroatoms. The molecule has 0 fully saturated rings. The van der Waals surface area contributed by atoms with E-state index >= 15 is 0 Å². The largest absolute Gasteiger partial charge is 0.465 e. The van der Waals surface area contributed by atoms with E-state index in [2.05, 4.69) is 9.46 Å². The molecule has 0 aliphatic rings. The second-order valence-corrected chi connectivity index (χ2v) is 5.38. The van der Waals surface area contributed by atoms with Crippen molar-refractivity contribution in [1.29, 1.82) is 0 Å². The normalized spacial score (nSPS) is 11.2. The molecule has 0 aliphatic heterocycles. The molecule has 0 aliphatic carbocycles. The van der Waals surface area contributed by atoms with E-state index in [0.717, 1.165) is 0 Å². The van der Waals surface area contributed by atoms with Gasteiger partial charge in [-0.2, -0.15) is 0 Å². The highest BCUT2D eigenvalue weighted by Crippen LogP contribution is 2.19. The first-order valence-corrected chi connectivity index (χ1v) is 6.88. The molecular formula is C11H16N2O4S. The Morgan fingerprint density at radius 3 is 2.67 bits per heavy atom. The molecule has 1 aromatic rings. The van der Waals surface area contributed by atoms with E-state index in [1.54, 1.807) is 0 Å². The lowest BCUT2D eigenvalue weighted by Crippen LogP contribution is -2.26. The fourth-order valence-corrected chi connectivity index (χ4v) is 2.67. The zero-order valence-electron chi connectivity index (χ0n) is 10.3. The van der Waals surface area contributed by atoms with Crippen LogP contribution < -0.4 is 10.5 Å². The summed E-state index contributed by atoms with van der Waals surface area (Å²) in [6.07, 6.45) is 0.655. The Kier molecular flexibility index (Phi) is 4.69. The fraction of sp³-hybridized carbons (Fsp3) is 0.364. The maximum absolute atomic E-state index is 12.0. The van der Waals surface area contributed by atoms with Crippen molar-refractivity contribution in [3.05, 3.63) is 23.8 Å². The SMILES string of the molecule is CCCNS(=O)(=O)c1ccc(N)cc1C(=O)OC. The first kappa shape index (κ1) is 14.5. The van der Waals surface area contributed by atoms with Gasteiger partial charge in [-0.1, -0.05) is 6.92 Å². The van der Waals surface area contributed by atoms with Crippen LogP contribution in [0.25, 0.3) is 0 Å².